The fourth-order valence-corrected chi connectivity index (χ4v) is 2.46. The molecular formula is C14H8BrFN4. The van der Waals surface area contributed by atoms with Crippen molar-refractivity contribution < 1.29 is 4.39 Å². The smallest absolute Gasteiger partial charge is 0.205 e. The van der Waals surface area contributed by atoms with E-state index in [1.165, 1.54) is 18.2 Å². The van der Waals surface area contributed by atoms with Crippen molar-refractivity contribution in [1.29, 1.82) is 5.26 Å². The molecule has 0 atom stereocenters. The number of imidazole rings is 1. The lowest BCUT2D eigenvalue weighted by Gasteiger charge is -2.08. The number of hydrogen-bond donors (Lipinski definition) is 1. The standard InChI is InChI=1S/C14H8BrFN4/c15-9-1-3-11-13(6-9)20(14(18)19-11)12-4-2-10(16)5-8(12)7-17/h1-6H,(H2,18,19). The van der Waals surface area contributed by atoms with Crippen LogP contribution in [0.3, 0.4) is 0 Å². The van der Waals surface area contributed by atoms with Gasteiger partial charge in [0.25, 0.3) is 0 Å². The quantitative estimate of drug-likeness (QED) is 0.743. The zero-order valence-corrected chi connectivity index (χ0v) is 11.7. The molecule has 0 amide bonds. The van der Waals surface area contributed by atoms with Gasteiger partial charge in [0.2, 0.25) is 5.95 Å². The van der Waals surface area contributed by atoms with Gasteiger partial charge in [-0.3, -0.25) is 4.57 Å². The summed E-state index contributed by atoms with van der Waals surface area (Å²) >= 11 is 3.39. The monoisotopic (exact) mass is 330 g/mol. The molecule has 3 aromatic rings. The molecule has 4 nitrogen and oxygen atoms in total. The lowest BCUT2D eigenvalue weighted by atomic mass is 10.2. The summed E-state index contributed by atoms with van der Waals surface area (Å²) in [6.45, 7) is 0. The highest BCUT2D eigenvalue weighted by Gasteiger charge is 2.14. The Morgan fingerprint density at radius 2 is 2.05 bits per heavy atom. The molecule has 2 aromatic carbocycles. The summed E-state index contributed by atoms with van der Waals surface area (Å²) in [6, 6.07) is 11.5. The molecule has 3 rings (SSSR count). The number of aromatic nitrogens is 2. The van der Waals surface area contributed by atoms with Gasteiger partial charge in [0.1, 0.15) is 11.9 Å². The molecule has 0 aliphatic rings. The van der Waals surface area contributed by atoms with E-state index in [1.54, 1.807) is 4.57 Å². The summed E-state index contributed by atoms with van der Waals surface area (Å²) in [4.78, 5) is 4.25. The fraction of sp³-hybridized carbons (Fsp3) is 0. The van der Waals surface area contributed by atoms with Gasteiger partial charge in [0.05, 0.1) is 22.3 Å². The maximum atomic E-state index is 13.2. The van der Waals surface area contributed by atoms with Crippen LogP contribution in [0, 0.1) is 17.1 Å². The fourth-order valence-electron chi connectivity index (χ4n) is 2.11. The molecule has 0 saturated heterocycles. The number of hydrogen-bond acceptors (Lipinski definition) is 3. The second-order valence-corrected chi connectivity index (χ2v) is 5.13. The number of nitriles is 1. The van der Waals surface area contributed by atoms with Crippen LogP contribution in [-0.4, -0.2) is 9.55 Å². The third kappa shape index (κ3) is 1.92. The van der Waals surface area contributed by atoms with E-state index in [4.69, 9.17) is 11.0 Å². The topological polar surface area (TPSA) is 67.6 Å². The second-order valence-electron chi connectivity index (χ2n) is 4.21. The van der Waals surface area contributed by atoms with Crippen LogP contribution in [0.1, 0.15) is 5.56 Å². The van der Waals surface area contributed by atoms with Crippen molar-refractivity contribution in [2.75, 3.05) is 5.73 Å². The van der Waals surface area contributed by atoms with Crippen molar-refractivity contribution in [1.82, 2.24) is 9.55 Å². The van der Waals surface area contributed by atoms with E-state index in [1.807, 2.05) is 24.3 Å². The maximum absolute atomic E-state index is 13.2. The van der Waals surface area contributed by atoms with Crippen LogP contribution in [0.4, 0.5) is 10.3 Å². The first kappa shape index (κ1) is 12.6. The Balaban J connectivity index is 2.38. The number of nitrogens with two attached hydrogens (primary N) is 1. The van der Waals surface area contributed by atoms with Gasteiger partial charge >= 0.3 is 0 Å². The molecule has 1 aromatic heterocycles. The lowest BCUT2D eigenvalue weighted by molar-refractivity contribution is 0.627. The molecular weight excluding hydrogens is 323 g/mol. The largest absolute Gasteiger partial charge is 0.369 e. The first-order chi connectivity index (χ1) is 9.60. The first-order valence-electron chi connectivity index (χ1n) is 5.73. The molecule has 20 heavy (non-hydrogen) atoms. The predicted octanol–water partition coefficient (Wildman–Crippen LogP) is 3.38. The van der Waals surface area contributed by atoms with E-state index in [0.717, 1.165) is 9.99 Å². The van der Waals surface area contributed by atoms with E-state index in [2.05, 4.69) is 20.9 Å². The Kier molecular flexibility index (Phi) is 2.92. The molecule has 0 unspecified atom stereocenters. The van der Waals surface area contributed by atoms with Crippen LogP contribution in [0.15, 0.2) is 40.9 Å². The number of halogens is 2. The highest BCUT2D eigenvalue weighted by atomic mass is 79.9. The second kappa shape index (κ2) is 4.62. The number of anilines is 1. The maximum Gasteiger partial charge on any atom is 0.205 e. The van der Waals surface area contributed by atoms with E-state index in [0.29, 0.717) is 11.2 Å². The normalized spacial score (nSPS) is 10.7. The minimum absolute atomic E-state index is 0.205. The molecule has 0 spiro atoms. The van der Waals surface area contributed by atoms with Crippen molar-refractivity contribution in [2.24, 2.45) is 0 Å². The zero-order chi connectivity index (χ0) is 14.3. The van der Waals surface area contributed by atoms with Crippen LogP contribution >= 0.6 is 15.9 Å². The van der Waals surface area contributed by atoms with Gasteiger partial charge < -0.3 is 5.73 Å². The van der Waals surface area contributed by atoms with E-state index < -0.39 is 5.82 Å². The summed E-state index contributed by atoms with van der Waals surface area (Å²) in [7, 11) is 0. The van der Waals surface area contributed by atoms with Gasteiger partial charge in [-0.2, -0.15) is 5.26 Å². The Morgan fingerprint density at radius 3 is 2.80 bits per heavy atom. The summed E-state index contributed by atoms with van der Waals surface area (Å²) in [5.74, 6) is -0.212. The molecule has 0 fully saturated rings. The molecule has 98 valence electrons. The molecule has 0 aliphatic heterocycles. The summed E-state index contributed by atoms with van der Waals surface area (Å²) in [5.41, 5.74) is 8.10. The van der Waals surface area contributed by atoms with Crippen molar-refractivity contribution in [3.05, 3.63) is 52.3 Å². The van der Waals surface area contributed by atoms with E-state index >= 15 is 0 Å². The molecule has 0 bridgehead atoms. The molecule has 0 aliphatic carbocycles. The van der Waals surface area contributed by atoms with Gasteiger partial charge in [-0.1, -0.05) is 15.9 Å². The van der Waals surface area contributed by atoms with Gasteiger partial charge in [0, 0.05) is 4.47 Å². The van der Waals surface area contributed by atoms with Crippen molar-refractivity contribution in [3.8, 4) is 11.8 Å². The van der Waals surface area contributed by atoms with Crippen LogP contribution < -0.4 is 5.73 Å². The van der Waals surface area contributed by atoms with Crippen LogP contribution in [0.25, 0.3) is 16.7 Å². The van der Waals surface area contributed by atoms with Crippen LogP contribution in [0.5, 0.6) is 0 Å². The molecule has 1 heterocycles. The molecule has 2 N–H and O–H groups in total. The Morgan fingerprint density at radius 1 is 1.25 bits per heavy atom. The first-order valence-corrected chi connectivity index (χ1v) is 6.53. The summed E-state index contributed by atoms with van der Waals surface area (Å²) in [5, 5.41) is 9.16. The number of rotatable bonds is 1. The molecule has 0 saturated carbocycles. The summed E-state index contributed by atoms with van der Waals surface area (Å²) < 4.78 is 15.7. The van der Waals surface area contributed by atoms with Gasteiger partial charge in [-0.25, -0.2) is 9.37 Å². The van der Waals surface area contributed by atoms with Crippen LogP contribution in [-0.2, 0) is 0 Å². The average Bonchev–Trinajstić information content (AvgIpc) is 2.74. The number of benzene rings is 2. The third-order valence-corrected chi connectivity index (χ3v) is 3.46. The van der Waals surface area contributed by atoms with E-state index in [9.17, 15) is 4.39 Å². The van der Waals surface area contributed by atoms with Gasteiger partial charge in [-0.05, 0) is 36.4 Å². The minimum atomic E-state index is -0.463. The highest BCUT2D eigenvalue weighted by molar-refractivity contribution is 9.10. The van der Waals surface area contributed by atoms with Gasteiger partial charge in [0.15, 0.2) is 0 Å². The summed E-state index contributed by atoms with van der Waals surface area (Å²) in [6.07, 6.45) is 0. The number of nitrogen functional groups attached to an aromatic ring is 1. The van der Waals surface area contributed by atoms with Crippen molar-refractivity contribution >= 4 is 32.9 Å². The molecule has 6 heteroatoms. The molecule has 0 radical (unpaired) electrons. The van der Waals surface area contributed by atoms with E-state index in [-0.39, 0.29) is 11.5 Å². The van der Waals surface area contributed by atoms with Gasteiger partial charge in [-0.15, -0.1) is 0 Å². The Hall–Kier alpha value is -2.39. The van der Waals surface area contributed by atoms with Crippen molar-refractivity contribution in [2.45, 2.75) is 0 Å². The Labute approximate surface area is 122 Å². The SMILES string of the molecule is N#Cc1cc(F)ccc1-n1c(N)nc2ccc(Br)cc21. The average molecular weight is 331 g/mol. The number of fused-ring (bicyclic) bond motifs is 1. The lowest BCUT2D eigenvalue weighted by Crippen LogP contribution is -2.03. The number of nitrogens with zero attached hydrogens (tertiary/aromatic N) is 3. The minimum Gasteiger partial charge on any atom is -0.369 e. The predicted molar refractivity (Wildman–Crippen MR) is 77.9 cm³/mol. The third-order valence-electron chi connectivity index (χ3n) is 2.96. The van der Waals surface area contributed by atoms with Crippen LogP contribution in [0.2, 0.25) is 0 Å². The zero-order valence-electron chi connectivity index (χ0n) is 10.1. The highest BCUT2D eigenvalue weighted by Crippen LogP contribution is 2.27. The Bertz CT molecular complexity index is 863. The van der Waals surface area contributed by atoms with Crippen molar-refractivity contribution in [3.63, 3.8) is 0 Å².